The summed E-state index contributed by atoms with van der Waals surface area (Å²) in [5.41, 5.74) is 4.14. The first-order chi connectivity index (χ1) is 14.6. The molecule has 5 nitrogen and oxygen atoms in total. The average Bonchev–Trinajstić information content (AvgIpc) is 3.28. The Labute approximate surface area is 180 Å². The molecule has 30 heavy (non-hydrogen) atoms. The molecule has 0 atom stereocenters. The Kier molecular flexibility index (Phi) is 6.14. The topological polar surface area (TPSA) is 49.9 Å². The maximum atomic E-state index is 12.6. The van der Waals surface area contributed by atoms with Crippen LogP contribution in [0.15, 0.2) is 66.0 Å². The number of thiophene rings is 1. The molecule has 154 valence electrons. The maximum absolute atomic E-state index is 12.6. The van der Waals surface area contributed by atoms with E-state index < -0.39 is 5.97 Å². The number of rotatable bonds is 5. The molecule has 0 spiro atoms. The van der Waals surface area contributed by atoms with Crippen molar-refractivity contribution in [3.8, 4) is 11.1 Å². The average molecular weight is 421 g/mol. The quantitative estimate of drug-likeness (QED) is 0.580. The minimum atomic E-state index is -0.447. The molecule has 1 amide bonds. The van der Waals surface area contributed by atoms with Crippen LogP contribution >= 0.6 is 11.3 Å². The van der Waals surface area contributed by atoms with Crippen molar-refractivity contribution in [2.24, 2.45) is 0 Å². The van der Waals surface area contributed by atoms with Crippen LogP contribution < -0.4 is 4.90 Å². The highest BCUT2D eigenvalue weighted by molar-refractivity contribution is 7.12. The van der Waals surface area contributed by atoms with Gasteiger partial charge in [-0.3, -0.25) is 4.79 Å². The van der Waals surface area contributed by atoms with Gasteiger partial charge in [-0.1, -0.05) is 48.0 Å². The van der Waals surface area contributed by atoms with Crippen molar-refractivity contribution in [3.05, 3.63) is 76.5 Å². The van der Waals surface area contributed by atoms with Crippen molar-refractivity contribution in [2.75, 3.05) is 37.7 Å². The van der Waals surface area contributed by atoms with Gasteiger partial charge in [-0.05, 0) is 36.1 Å². The SMILES string of the molecule is Cc1ccc(-c2ccsc2C(=O)OCC(=O)N2CCN(c3ccccc3)CC2)cc1. The van der Waals surface area contributed by atoms with Crippen LogP contribution in [0.2, 0.25) is 0 Å². The van der Waals surface area contributed by atoms with Crippen LogP contribution in [0.1, 0.15) is 15.2 Å². The first kappa shape index (κ1) is 20.2. The Balaban J connectivity index is 1.31. The maximum Gasteiger partial charge on any atom is 0.349 e. The number of hydrogen-bond donors (Lipinski definition) is 0. The van der Waals surface area contributed by atoms with Gasteiger partial charge in [0.05, 0.1) is 0 Å². The molecular formula is C24H24N2O3S. The summed E-state index contributed by atoms with van der Waals surface area (Å²) in [6.07, 6.45) is 0. The minimum absolute atomic E-state index is 0.149. The number of carbonyl (C=O) groups is 2. The van der Waals surface area contributed by atoms with Crippen molar-refractivity contribution in [3.63, 3.8) is 0 Å². The zero-order valence-corrected chi connectivity index (χ0v) is 17.7. The molecule has 2 heterocycles. The molecule has 6 heteroatoms. The van der Waals surface area contributed by atoms with Crippen LogP contribution in [0.5, 0.6) is 0 Å². The Bertz CT molecular complexity index is 1010. The van der Waals surface area contributed by atoms with Gasteiger partial charge in [0.25, 0.3) is 5.91 Å². The van der Waals surface area contributed by atoms with Crippen LogP contribution in [0.3, 0.4) is 0 Å². The summed E-state index contributed by atoms with van der Waals surface area (Å²) in [7, 11) is 0. The molecule has 1 saturated heterocycles. The fourth-order valence-electron chi connectivity index (χ4n) is 3.56. The minimum Gasteiger partial charge on any atom is -0.451 e. The zero-order valence-electron chi connectivity index (χ0n) is 16.9. The molecule has 0 bridgehead atoms. The predicted octanol–water partition coefficient (Wildman–Crippen LogP) is 4.23. The fourth-order valence-corrected chi connectivity index (χ4v) is 4.37. The molecular weight excluding hydrogens is 396 g/mol. The molecule has 1 aromatic heterocycles. The van der Waals surface area contributed by atoms with Crippen LogP contribution in [-0.4, -0.2) is 49.6 Å². The first-order valence-corrected chi connectivity index (χ1v) is 10.9. The largest absolute Gasteiger partial charge is 0.451 e. The number of carbonyl (C=O) groups excluding carboxylic acids is 2. The molecule has 1 aliphatic heterocycles. The zero-order chi connectivity index (χ0) is 20.9. The number of hydrogen-bond acceptors (Lipinski definition) is 5. The Morgan fingerprint density at radius 3 is 2.33 bits per heavy atom. The third-order valence-electron chi connectivity index (χ3n) is 5.29. The van der Waals surface area contributed by atoms with Gasteiger partial charge >= 0.3 is 5.97 Å². The van der Waals surface area contributed by atoms with E-state index >= 15 is 0 Å². The lowest BCUT2D eigenvalue weighted by atomic mass is 10.1. The molecule has 0 radical (unpaired) electrons. The monoisotopic (exact) mass is 420 g/mol. The van der Waals surface area contributed by atoms with Gasteiger partial charge in [0.1, 0.15) is 4.88 Å². The summed E-state index contributed by atoms with van der Waals surface area (Å²) >= 11 is 1.34. The number of benzene rings is 2. The number of esters is 1. The Morgan fingerprint density at radius 1 is 0.933 bits per heavy atom. The van der Waals surface area contributed by atoms with Gasteiger partial charge in [0, 0.05) is 37.4 Å². The van der Waals surface area contributed by atoms with E-state index in [0.717, 1.165) is 35.5 Å². The van der Waals surface area contributed by atoms with Gasteiger partial charge in [-0.2, -0.15) is 0 Å². The second-order valence-electron chi connectivity index (χ2n) is 7.31. The van der Waals surface area contributed by atoms with E-state index in [4.69, 9.17) is 4.74 Å². The summed E-state index contributed by atoms with van der Waals surface area (Å²) in [4.78, 5) is 29.7. The van der Waals surface area contributed by atoms with E-state index in [1.54, 1.807) is 4.90 Å². The highest BCUT2D eigenvalue weighted by atomic mass is 32.1. The molecule has 0 N–H and O–H groups in total. The van der Waals surface area contributed by atoms with E-state index in [1.165, 1.54) is 11.3 Å². The number of amides is 1. The second-order valence-corrected chi connectivity index (χ2v) is 8.23. The highest BCUT2D eigenvalue weighted by Gasteiger charge is 2.23. The van der Waals surface area contributed by atoms with Crippen LogP contribution in [0.25, 0.3) is 11.1 Å². The normalized spacial score (nSPS) is 13.9. The summed E-state index contributed by atoms with van der Waals surface area (Å²) in [5.74, 6) is -0.596. The van der Waals surface area contributed by atoms with E-state index in [0.29, 0.717) is 18.0 Å². The molecule has 1 fully saturated rings. The molecule has 3 aromatic rings. The first-order valence-electron chi connectivity index (χ1n) is 10.0. The standard InChI is InChI=1S/C24H24N2O3S/c1-18-7-9-19(10-8-18)21-11-16-30-23(21)24(28)29-17-22(27)26-14-12-25(13-15-26)20-5-3-2-4-6-20/h2-11,16H,12-15,17H2,1H3. The van der Waals surface area contributed by atoms with Gasteiger partial charge < -0.3 is 14.5 Å². The van der Waals surface area contributed by atoms with Crippen molar-refractivity contribution in [2.45, 2.75) is 6.92 Å². The van der Waals surface area contributed by atoms with Crippen LogP contribution in [-0.2, 0) is 9.53 Å². The van der Waals surface area contributed by atoms with Gasteiger partial charge in [-0.25, -0.2) is 4.79 Å². The lowest BCUT2D eigenvalue weighted by Gasteiger charge is -2.36. The highest BCUT2D eigenvalue weighted by Crippen LogP contribution is 2.29. The van der Waals surface area contributed by atoms with Gasteiger partial charge in [-0.15, -0.1) is 11.3 Å². The molecule has 0 unspecified atom stereocenters. The number of aryl methyl sites for hydroxylation is 1. The third kappa shape index (κ3) is 4.54. The summed E-state index contributed by atoms with van der Waals surface area (Å²) in [6, 6.07) is 20.1. The summed E-state index contributed by atoms with van der Waals surface area (Å²) in [5, 5.41) is 1.87. The smallest absolute Gasteiger partial charge is 0.349 e. The van der Waals surface area contributed by atoms with Crippen LogP contribution in [0.4, 0.5) is 5.69 Å². The molecule has 1 aliphatic rings. The lowest BCUT2D eigenvalue weighted by Crippen LogP contribution is -2.49. The van der Waals surface area contributed by atoms with Gasteiger partial charge in [0.2, 0.25) is 0 Å². The third-order valence-corrected chi connectivity index (χ3v) is 6.19. The van der Waals surface area contributed by atoms with Gasteiger partial charge in [0.15, 0.2) is 6.61 Å². The van der Waals surface area contributed by atoms with E-state index in [1.807, 2.05) is 60.8 Å². The number of anilines is 1. The van der Waals surface area contributed by atoms with Crippen molar-refractivity contribution >= 4 is 28.9 Å². The summed E-state index contributed by atoms with van der Waals surface area (Å²) < 4.78 is 5.37. The fraction of sp³-hybridized carbons (Fsp3) is 0.250. The van der Waals surface area contributed by atoms with Crippen LogP contribution in [0, 0.1) is 6.92 Å². The van der Waals surface area contributed by atoms with Crippen molar-refractivity contribution in [1.29, 1.82) is 0 Å². The van der Waals surface area contributed by atoms with Crippen molar-refractivity contribution < 1.29 is 14.3 Å². The second kappa shape index (κ2) is 9.13. The Morgan fingerprint density at radius 2 is 1.63 bits per heavy atom. The lowest BCUT2D eigenvalue weighted by molar-refractivity contribution is -0.134. The number of nitrogens with zero attached hydrogens (tertiary/aromatic N) is 2. The predicted molar refractivity (Wildman–Crippen MR) is 120 cm³/mol. The van der Waals surface area contributed by atoms with E-state index in [9.17, 15) is 9.59 Å². The van der Waals surface area contributed by atoms with E-state index in [-0.39, 0.29) is 12.5 Å². The van der Waals surface area contributed by atoms with Crippen molar-refractivity contribution in [1.82, 2.24) is 4.90 Å². The molecule has 4 rings (SSSR count). The number of para-hydroxylation sites is 1. The number of ether oxygens (including phenoxy) is 1. The molecule has 0 saturated carbocycles. The molecule has 0 aliphatic carbocycles. The summed E-state index contributed by atoms with van der Waals surface area (Å²) in [6.45, 7) is 4.59. The Hall–Kier alpha value is -3.12. The molecule has 2 aromatic carbocycles. The van der Waals surface area contributed by atoms with E-state index in [2.05, 4.69) is 17.0 Å². The number of piperazine rings is 1.